The number of likely N-dealkylation sites (N-methyl/N-ethyl adjacent to an activating group) is 1. The Hall–Kier alpha value is -2.56. The number of carbonyl (C=O) groups excluding carboxylic acids is 2. The maximum atomic E-state index is 12.4. The molecule has 1 aromatic heterocycles. The first-order valence-electron chi connectivity index (χ1n) is 11.6. The third kappa shape index (κ3) is 8.38. The number of carbonyl (C=O) groups is 2. The van der Waals surface area contributed by atoms with Crippen molar-refractivity contribution in [2.45, 2.75) is 32.6 Å². The Bertz CT molecular complexity index is 881. The van der Waals surface area contributed by atoms with Crippen LogP contribution in [0.2, 0.25) is 0 Å². The van der Waals surface area contributed by atoms with Crippen molar-refractivity contribution >= 4 is 28.8 Å². The SMILES string of the molecule is CCN1CCN(CCCNC(=O)CCCc2nnc(C(=O)Nc3ccc(OC)cc3)s2)CC1. The van der Waals surface area contributed by atoms with Gasteiger partial charge in [0.15, 0.2) is 0 Å². The van der Waals surface area contributed by atoms with Gasteiger partial charge in [0.05, 0.1) is 7.11 Å². The van der Waals surface area contributed by atoms with Crippen molar-refractivity contribution in [1.29, 1.82) is 0 Å². The molecule has 180 valence electrons. The summed E-state index contributed by atoms with van der Waals surface area (Å²) in [5, 5.41) is 14.9. The molecule has 2 N–H and O–H groups in total. The Balaban J connectivity index is 1.28. The summed E-state index contributed by atoms with van der Waals surface area (Å²) in [4.78, 5) is 29.4. The van der Waals surface area contributed by atoms with Gasteiger partial charge < -0.3 is 25.2 Å². The Morgan fingerprint density at radius 3 is 2.48 bits per heavy atom. The summed E-state index contributed by atoms with van der Waals surface area (Å²) in [5.74, 6) is 0.492. The number of aromatic nitrogens is 2. The quantitative estimate of drug-likeness (QED) is 0.455. The molecule has 10 heteroatoms. The highest BCUT2D eigenvalue weighted by atomic mass is 32.1. The molecule has 0 unspecified atom stereocenters. The summed E-state index contributed by atoms with van der Waals surface area (Å²) in [7, 11) is 1.59. The molecule has 0 aliphatic carbocycles. The number of hydrogen-bond donors (Lipinski definition) is 2. The molecular formula is C23H34N6O3S. The number of aryl methyl sites for hydroxylation is 1. The summed E-state index contributed by atoms with van der Waals surface area (Å²) < 4.78 is 5.11. The Morgan fingerprint density at radius 2 is 1.79 bits per heavy atom. The van der Waals surface area contributed by atoms with E-state index >= 15 is 0 Å². The second-order valence-electron chi connectivity index (χ2n) is 8.02. The lowest BCUT2D eigenvalue weighted by molar-refractivity contribution is -0.121. The third-order valence-corrected chi connectivity index (χ3v) is 6.67. The first-order valence-corrected chi connectivity index (χ1v) is 12.4. The van der Waals surface area contributed by atoms with Crippen LogP contribution in [0.4, 0.5) is 5.69 Å². The number of nitrogens with zero attached hydrogens (tertiary/aromatic N) is 4. The zero-order valence-corrected chi connectivity index (χ0v) is 20.3. The van der Waals surface area contributed by atoms with E-state index in [2.05, 4.69) is 37.6 Å². The van der Waals surface area contributed by atoms with Gasteiger partial charge in [-0.3, -0.25) is 9.59 Å². The molecule has 1 saturated heterocycles. The fraction of sp³-hybridized carbons (Fsp3) is 0.565. The van der Waals surface area contributed by atoms with Crippen molar-refractivity contribution in [2.24, 2.45) is 0 Å². The Morgan fingerprint density at radius 1 is 1.06 bits per heavy atom. The zero-order chi connectivity index (χ0) is 23.5. The molecule has 1 aliphatic rings. The highest BCUT2D eigenvalue weighted by Crippen LogP contribution is 2.18. The van der Waals surface area contributed by atoms with Gasteiger partial charge in [-0.25, -0.2) is 0 Å². The normalized spacial score (nSPS) is 14.7. The molecule has 2 aromatic rings. The predicted octanol–water partition coefficient (Wildman–Crippen LogP) is 2.27. The van der Waals surface area contributed by atoms with Crippen LogP contribution >= 0.6 is 11.3 Å². The summed E-state index contributed by atoms with van der Waals surface area (Å²) in [6.07, 6.45) is 2.73. The number of ether oxygens (including phenoxy) is 1. The number of nitrogens with one attached hydrogen (secondary N) is 2. The monoisotopic (exact) mass is 474 g/mol. The van der Waals surface area contributed by atoms with E-state index in [1.54, 1.807) is 31.4 Å². The van der Waals surface area contributed by atoms with Gasteiger partial charge in [0.1, 0.15) is 10.8 Å². The van der Waals surface area contributed by atoms with Crippen LogP contribution in [-0.4, -0.2) is 84.7 Å². The first kappa shape index (κ1) is 25.1. The number of benzene rings is 1. The Labute approximate surface area is 199 Å². The van der Waals surface area contributed by atoms with E-state index in [1.807, 2.05) is 0 Å². The van der Waals surface area contributed by atoms with Crippen LogP contribution in [-0.2, 0) is 11.2 Å². The van der Waals surface area contributed by atoms with Crippen LogP contribution in [0.3, 0.4) is 0 Å². The molecule has 0 radical (unpaired) electrons. The van der Waals surface area contributed by atoms with Crippen LogP contribution in [0.15, 0.2) is 24.3 Å². The van der Waals surface area contributed by atoms with Gasteiger partial charge >= 0.3 is 0 Å². The summed E-state index contributed by atoms with van der Waals surface area (Å²) in [5.41, 5.74) is 0.664. The largest absolute Gasteiger partial charge is 0.497 e. The van der Waals surface area contributed by atoms with E-state index < -0.39 is 0 Å². The van der Waals surface area contributed by atoms with Gasteiger partial charge in [0.2, 0.25) is 10.9 Å². The van der Waals surface area contributed by atoms with Crippen molar-refractivity contribution in [1.82, 2.24) is 25.3 Å². The molecular weight excluding hydrogens is 440 g/mol. The molecule has 0 bridgehead atoms. The van der Waals surface area contributed by atoms with Gasteiger partial charge in [-0.05, 0) is 50.2 Å². The summed E-state index contributed by atoms with van der Waals surface area (Å²) in [6, 6.07) is 7.09. The van der Waals surface area contributed by atoms with E-state index in [9.17, 15) is 9.59 Å². The summed E-state index contributed by atoms with van der Waals surface area (Å²) >= 11 is 1.26. The smallest absolute Gasteiger partial charge is 0.286 e. The maximum Gasteiger partial charge on any atom is 0.286 e. The lowest BCUT2D eigenvalue weighted by atomic mass is 10.2. The number of piperazine rings is 1. The van der Waals surface area contributed by atoms with Crippen LogP contribution in [0, 0.1) is 0 Å². The number of hydrogen-bond acceptors (Lipinski definition) is 8. The number of anilines is 1. The second-order valence-corrected chi connectivity index (χ2v) is 9.08. The average molecular weight is 475 g/mol. The van der Waals surface area contributed by atoms with Gasteiger partial charge in [-0.1, -0.05) is 18.3 Å². The lowest BCUT2D eigenvalue weighted by Gasteiger charge is -2.33. The van der Waals surface area contributed by atoms with E-state index in [4.69, 9.17) is 4.74 Å². The van der Waals surface area contributed by atoms with Crippen molar-refractivity contribution in [3.05, 3.63) is 34.3 Å². The molecule has 0 spiro atoms. The maximum absolute atomic E-state index is 12.4. The molecule has 1 fully saturated rings. The van der Waals surface area contributed by atoms with Crippen molar-refractivity contribution < 1.29 is 14.3 Å². The van der Waals surface area contributed by atoms with Gasteiger partial charge in [-0.2, -0.15) is 0 Å². The number of rotatable bonds is 12. The van der Waals surface area contributed by atoms with E-state index in [1.165, 1.54) is 11.3 Å². The number of amides is 2. The fourth-order valence-electron chi connectivity index (χ4n) is 3.65. The minimum Gasteiger partial charge on any atom is -0.497 e. The Kier molecular flexibility index (Phi) is 10.0. The molecule has 0 saturated carbocycles. The van der Waals surface area contributed by atoms with Crippen LogP contribution in [0.5, 0.6) is 5.75 Å². The highest BCUT2D eigenvalue weighted by molar-refractivity contribution is 7.13. The molecule has 1 aliphatic heterocycles. The molecule has 3 rings (SSSR count). The third-order valence-electron chi connectivity index (χ3n) is 5.69. The molecule has 1 aromatic carbocycles. The van der Waals surface area contributed by atoms with E-state index in [-0.39, 0.29) is 11.8 Å². The van der Waals surface area contributed by atoms with Crippen LogP contribution < -0.4 is 15.4 Å². The zero-order valence-electron chi connectivity index (χ0n) is 19.5. The second kappa shape index (κ2) is 13.2. The molecule has 33 heavy (non-hydrogen) atoms. The van der Waals surface area contributed by atoms with Crippen LogP contribution in [0.1, 0.15) is 41.0 Å². The number of methoxy groups -OCH3 is 1. The van der Waals surface area contributed by atoms with Crippen LogP contribution in [0.25, 0.3) is 0 Å². The first-order chi connectivity index (χ1) is 16.1. The minimum atomic E-state index is -0.294. The van der Waals surface area contributed by atoms with Crippen molar-refractivity contribution in [2.75, 3.05) is 58.2 Å². The summed E-state index contributed by atoms with van der Waals surface area (Å²) in [6.45, 7) is 9.58. The van der Waals surface area contributed by atoms with Gasteiger partial charge in [-0.15, -0.1) is 10.2 Å². The van der Waals surface area contributed by atoms with Crippen molar-refractivity contribution in [3.8, 4) is 5.75 Å². The minimum absolute atomic E-state index is 0.0628. The molecule has 9 nitrogen and oxygen atoms in total. The molecule has 2 heterocycles. The van der Waals surface area contributed by atoms with Gasteiger partial charge in [0, 0.05) is 51.3 Å². The lowest BCUT2D eigenvalue weighted by Crippen LogP contribution is -2.46. The van der Waals surface area contributed by atoms with E-state index in [0.717, 1.165) is 56.4 Å². The average Bonchev–Trinajstić information content (AvgIpc) is 3.32. The molecule has 0 atom stereocenters. The highest BCUT2D eigenvalue weighted by Gasteiger charge is 2.15. The predicted molar refractivity (Wildman–Crippen MR) is 130 cm³/mol. The standard InChI is InChI=1S/C23H34N6O3S/c1-3-28-14-16-29(17-15-28)13-5-12-24-20(30)6-4-7-21-26-27-23(33-21)22(31)25-18-8-10-19(32-2)11-9-18/h8-11H,3-7,12-17H2,1-2H3,(H,24,30)(H,25,31). The fourth-order valence-corrected chi connectivity index (χ4v) is 4.43. The topological polar surface area (TPSA) is 99.7 Å². The van der Waals surface area contributed by atoms with Crippen molar-refractivity contribution in [3.63, 3.8) is 0 Å². The van der Waals surface area contributed by atoms with E-state index in [0.29, 0.717) is 36.5 Å². The molecule has 2 amide bonds. The van der Waals surface area contributed by atoms with Gasteiger partial charge in [0.25, 0.3) is 5.91 Å².